The molecule has 0 aliphatic carbocycles. The van der Waals surface area contributed by atoms with Crippen molar-refractivity contribution in [2.45, 2.75) is 58.0 Å². The molecule has 2 unspecified atom stereocenters. The number of hydrogen-bond donors (Lipinski definition) is 1. The number of nitrogens with zero attached hydrogens (tertiary/aromatic N) is 1. The predicted octanol–water partition coefficient (Wildman–Crippen LogP) is 3.77. The van der Waals surface area contributed by atoms with Crippen LogP contribution in [0.2, 0.25) is 0 Å². The van der Waals surface area contributed by atoms with Gasteiger partial charge in [-0.3, -0.25) is 4.90 Å². The van der Waals surface area contributed by atoms with Crippen molar-refractivity contribution in [3.05, 3.63) is 35.4 Å². The fraction of sp³-hybridized carbons (Fsp3) is 0.667. The number of piperidine rings is 1. The first-order valence-corrected chi connectivity index (χ1v) is 8.25. The minimum atomic E-state index is 0.545. The average molecular weight is 274 g/mol. The first-order chi connectivity index (χ1) is 9.76. The summed E-state index contributed by atoms with van der Waals surface area (Å²) in [4.78, 5) is 2.72. The van der Waals surface area contributed by atoms with Crippen LogP contribution in [0, 0.1) is 0 Å². The van der Waals surface area contributed by atoms with E-state index in [4.69, 9.17) is 0 Å². The summed E-state index contributed by atoms with van der Waals surface area (Å²) in [5, 5.41) is 3.30. The van der Waals surface area contributed by atoms with Crippen molar-refractivity contribution in [1.29, 1.82) is 0 Å². The molecule has 1 saturated heterocycles. The Morgan fingerprint density at radius 2 is 2.00 bits per heavy atom. The Balaban J connectivity index is 2.05. The van der Waals surface area contributed by atoms with Gasteiger partial charge in [-0.2, -0.15) is 0 Å². The van der Waals surface area contributed by atoms with Gasteiger partial charge < -0.3 is 5.32 Å². The summed E-state index contributed by atoms with van der Waals surface area (Å²) >= 11 is 0. The molecule has 1 N–H and O–H groups in total. The van der Waals surface area contributed by atoms with Crippen LogP contribution >= 0.6 is 0 Å². The molecule has 2 nitrogen and oxygen atoms in total. The summed E-state index contributed by atoms with van der Waals surface area (Å²) in [5.41, 5.74) is 2.91. The molecule has 2 rings (SSSR count). The topological polar surface area (TPSA) is 15.3 Å². The molecule has 0 saturated carbocycles. The number of likely N-dealkylation sites (tertiary alicyclic amines) is 1. The normalized spacial score (nSPS) is 21.9. The Morgan fingerprint density at radius 1 is 1.25 bits per heavy atom. The number of rotatable bonds is 6. The third-order valence-electron chi connectivity index (χ3n) is 4.77. The van der Waals surface area contributed by atoms with Crippen molar-refractivity contribution in [2.24, 2.45) is 0 Å². The zero-order chi connectivity index (χ0) is 14.4. The number of benzene rings is 1. The van der Waals surface area contributed by atoms with Gasteiger partial charge in [-0.1, -0.05) is 37.6 Å². The lowest BCUT2D eigenvalue weighted by Gasteiger charge is -2.40. The predicted molar refractivity (Wildman–Crippen MR) is 87.1 cm³/mol. The highest BCUT2D eigenvalue weighted by Gasteiger charge is 2.26. The van der Waals surface area contributed by atoms with Crippen molar-refractivity contribution in [3.8, 4) is 0 Å². The Labute approximate surface area is 124 Å². The largest absolute Gasteiger partial charge is 0.320 e. The van der Waals surface area contributed by atoms with E-state index in [2.05, 4.69) is 55.4 Å². The van der Waals surface area contributed by atoms with Gasteiger partial charge in [0, 0.05) is 12.1 Å². The minimum Gasteiger partial charge on any atom is -0.320 e. The van der Waals surface area contributed by atoms with Gasteiger partial charge in [-0.15, -0.1) is 0 Å². The van der Waals surface area contributed by atoms with E-state index in [0.717, 1.165) is 19.0 Å². The lowest BCUT2D eigenvalue weighted by atomic mass is 9.94. The summed E-state index contributed by atoms with van der Waals surface area (Å²) in [5.74, 6) is 0. The maximum absolute atomic E-state index is 3.30. The highest BCUT2D eigenvalue weighted by atomic mass is 15.2. The summed E-state index contributed by atoms with van der Waals surface area (Å²) in [6.45, 7) is 6.98. The Morgan fingerprint density at radius 3 is 2.65 bits per heavy atom. The maximum Gasteiger partial charge on any atom is 0.0322 e. The first kappa shape index (κ1) is 15.5. The molecule has 1 aliphatic rings. The Kier molecular flexibility index (Phi) is 6.06. The van der Waals surface area contributed by atoms with E-state index in [0.29, 0.717) is 6.04 Å². The van der Waals surface area contributed by atoms with E-state index in [1.807, 2.05) is 0 Å². The van der Waals surface area contributed by atoms with Crippen LogP contribution in [0.5, 0.6) is 0 Å². The second-order valence-electron chi connectivity index (χ2n) is 6.05. The van der Waals surface area contributed by atoms with Gasteiger partial charge in [0.25, 0.3) is 0 Å². The second-order valence-corrected chi connectivity index (χ2v) is 6.05. The summed E-state index contributed by atoms with van der Waals surface area (Å²) in [6, 6.07) is 10.5. The van der Waals surface area contributed by atoms with Crippen LogP contribution < -0.4 is 5.32 Å². The van der Waals surface area contributed by atoms with Crippen molar-refractivity contribution in [3.63, 3.8) is 0 Å². The molecule has 20 heavy (non-hydrogen) atoms. The molecule has 2 atom stereocenters. The summed E-state index contributed by atoms with van der Waals surface area (Å²) in [7, 11) is 2.06. The molecule has 0 radical (unpaired) electrons. The molecule has 0 amide bonds. The molecule has 112 valence electrons. The van der Waals surface area contributed by atoms with Crippen LogP contribution in [0.3, 0.4) is 0 Å². The van der Waals surface area contributed by atoms with Crippen molar-refractivity contribution in [2.75, 3.05) is 20.1 Å². The molecule has 1 heterocycles. The Bertz CT molecular complexity index is 385. The molecule has 1 aromatic rings. The van der Waals surface area contributed by atoms with Gasteiger partial charge in [-0.05, 0) is 63.9 Å². The van der Waals surface area contributed by atoms with Crippen molar-refractivity contribution < 1.29 is 0 Å². The lowest BCUT2D eigenvalue weighted by Crippen LogP contribution is -2.42. The highest BCUT2D eigenvalue weighted by Crippen LogP contribution is 2.29. The van der Waals surface area contributed by atoms with Gasteiger partial charge >= 0.3 is 0 Å². The first-order valence-electron chi connectivity index (χ1n) is 8.25. The van der Waals surface area contributed by atoms with Gasteiger partial charge in [0.15, 0.2) is 0 Å². The SMILES string of the molecule is CCc1ccc(C(C)N2CCCCC2CCNC)cc1. The van der Waals surface area contributed by atoms with Gasteiger partial charge in [-0.25, -0.2) is 0 Å². The molecule has 1 aromatic carbocycles. The molecule has 1 fully saturated rings. The van der Waals surface area contributed by atoms with Gasteiger partial charge in [0.2, 0.25) is 0 Å². The second kappa shape index (κ2) is 7.80. The highest BCUT2D eigenvalue weighted by molar-refractivity contribution is 5.25. The van der Waals surface area contributed by atoms with E-state index < -0.39 is 0 Å². The van der Waals surface area contributed by atoms with Crippen LogP contribution in [0.25, 0.3) is 0 Å². The quantitative estimate of drug-likeness (QED) is 0.849. The van der Waals surface area contributed by atoms with Gasteiger partial charge in [0.1, 0.15) is 0 Å². The van der Waals surface area contributed by atoms with Crippen molar-refractivity contribution >= 4 is 0 Å². The monoisotopic (exact) mass is 274 g/mol. The number of nitrogens with one attached hydrogen (secondary N) is 1. The summed E-state index contributed by atoms with van der Waals surface area (Å²) < 4.78 is 0. The van der Waals surface area contributed by atoms with Crippen LogP contribution in [-0.4, -0.2) is 31.1 Å². The fourth-order valence-electron chi connectivity index (χ4n) is 3.38. The van der Waals surface area contributed by atoms with Crippen LogP contribution in [0.15, 0.2) is 24.3 Å². The van der Waals surface area contributed by atoms with E-state index in [-0.39, 0.29) is 0 Å². The van der Waals surface area contributed by atoms with E-state index in [9.17, 15) is 0 Å². The third kappa shape index (κ3) is 3.83. The maximum atomic E-state index is 3.30. The molecule has 0 aromatic heterocycles. The molecule has 2 heteroatoms. The third-order valence-corrected chi connectivity index (χ3v) is 4.77. The molecular weight excluding hydrogens is 244 g/mol. The number of aryl methyl sites for hydroxylation is 1. The van der Waals surface area contributed by atoms with Crippen LogP contribution in [0.1, 0.15) is 56.7 Å². The van der Waals surface area contributed by atoms with E-state index in [1.165, 1.54) is 43.4 Å². The molecule has 1 aliphatic heterocycles. The van der Waals surface area contributed by atoms with Crippen LogP contribution in [0.4, 0.5) is 0 Å². The Hall–Kier alpha value is -0.860. The van der Waals surface area contributed by atoms with Crippen molar-refractivity contribution in [1.82, 2.24) is 10.2 Å². The zero-order valence-electron chi connectivity index (χ0n) is 13.4. The van der Waals surface area contributed by atoms with E-state index >= 15 is 0 Å². The van der Waals surface area contributed by atoms with Crippen LogP contribution in [-0.2, 0) is 6.42 Å². The average Bonchev–Trinajstić information content (AvgIpc) is 2.52. The standard InChI is InChI=1S/C18H30N2/c1-4-16-8-10-17(11-9-16)15(2)20-14-6-5-7-18(20)12-13-19-3/h8-11,15,18-19H,4-7,12-14H2,1-3H3. The van der Waals surface area contributed by atoms with Gasteiger partial charge in [0.05, 0.1) is 0 Å². The van der Waals surface area contributed by atoms with E-state index in [1.54, 1.807) is 0 Å². The fourth-order valence-corrected chi connectivity index (χ4v) is 3.38. The summed E-state index contributed by atoms with van der Waals surface area (Å²) in [6.07, 6.45) is 6.51. The minimum absolute atomic E-state index is 0.545. The molecule has 0 spiro atoms. The number of hydrogen-bond acceptors (Lipinski definition) is 2. The smallest absolute Gasteiger partial charge is 0.0322 e. The molecular formula is C18H30N2. The molecule has 0 bridgehead atoms. The zero-order valence-corrected chi connectivity index (χ0v) is 13.4. The lowest BCUT2D eigenvalue weighted by molar-refractivity contribution is 0.0972.